The minimum absolute atomic E-state index is 0.136. The fraction of sp³-hybridized carbons (Fsp3) is 0.429. The molecule has 7 nitrogen and oxygen atoms in total. The molecule has 0 aliphatic heterocycles. The lowest BCUT2D eigenvalue weighted by Gasteiger charge is -2.55. The van der Waals surface area contributed by atoms with E-state index in [4.69, 9.17) is 4.98 Å². The Balaban J connectivity index is 1.13. The number of carbonyl (C=O) groups is 1. The lowest BCUT2D eigenvalue weighted by molar-refractivity contribution is -0.146. The Hall–Kier alpha value is -3.48. The molecule has 0 radical (unpaired) electrons. The van der Waals surface area contributed by atoms with Gasteiger partial charge in [-0.2, -0.15) is 4.52 Å². The van der Waals surface area contributed by atoms with Crippen LogP contribution in [0.4, 0.5) is 5.82 Å². The van der Waals surface area contributed by atoms with Crippen LogP contribution in [0.1, 0.15) is 38.5 Å². The van der Waals surface area contributed by atoms with Crippen molar-refractivity contribution in [3.8, 4) is 0 Å². The molecule has 2 aromatic carbocycles. The van der Waals surface area contributed by atoms with E-state index in [9.17, 15) is 9.59 Å². The Labute approximate surface area is 202 Å². The van der Waals surface area contributed by atoms with Crippen LogP contribution in [0.25, 0.3) is 27.3 Å². The summed E-state index contributed by atoms with van der Waals surface area (Å²) in [7, 11) is 0. The smallest absolute Gasteiger partial charge is 0.282 e. The molecular weight excluding hydrogens is 438 g/mol. The lowest BCUT2D eigenvalue weighted by atomic mass is 9.49. The van der Waals surface area contributed by atoms with Crippen molar-refractivity contribution >= 4 is 39.0 Å². The molecule has 4 aromatic rings. The van der Waals surface area contributed by atoms with E-state index in [2.05, 4.69) is 15.7 Å². The summed E-state index contributed by atoms with van der Waals surface area (Å²) in [4.78, 5) is 31.2. The van der Waals surface area contributed by atoms with E-state index in [0.717, 1.165) is 47.8 Å². The third-order valence-corrected chi connectivity index (χ3v) is 8.60. The quantitative estimate of drug-likeness (QED) is 0.262. The Morgan fingerprint density at radius 3 is 2.23 bits per heavy atom. The number of para-hydroxylation sites is 1. The second-order valence-corrected chi connectivity index (χ2v) is 10.9. The lowest BCUT2D eigenvalue weighted by Crippen LogP contribution is -2.54. The van der Waals surface area contributed by atoms with E-state index in [1.807, 2.05) is 42.5 Å². The van der Waals surface area contributed by atoms with E-state index in [1.54, 1.807) is 6.07 Å². The number of carbonyl (C=O) groups excluding carboxylic acids is 1. The number of benzene rings is 2. The van der Waals surface area contributed by atoms with E-state index in [1.165, 1.54) is 23.8 Å². The average Bonchev–Trinajstić information content (AvgIpc) is 2.86. The molecule has 0 unspecified atom stereocenters. The van der Waals surface area contributed by atoms with Gasteiger partial charge in [-0.1, -0.05) is 36.4 Å². The zero-order chi connectivity index (χ0) is 23.6. The third kappa shape index (κ3) is 3.32. The van der Waals surface area contributed by atoms with Crippen molar-refractivity contribution in [2.75, 3.05) is 18.4 Å². The number of nitrogens with zero attached hydrogens (tertiary/aromatic N) is 3. The molecule has 35 heavy (non-hydrogen) atoms. The van der Waals surface area contributed by atoms with Crippen molar-refractivity contribution in [2.45, 2.75) is 38.5 Å². The minimum atomic E-state index is -0.186. The van der Waals surface area contributed by atoms with Crippen LogP contribution in [-0.2, 0) is 4.79 Å². The van der Waals surface area contributed by atoms with Crippen LogP contribution in [0.2, 0.25) is 0 Å². The van der Waals surface area contributed by atoms with E-state index in [0.29, 0.717) is 35.5 Å². The summed E-state index contributed by atoms with van der Waals surface area (Å²) in [5.74, 6) is 3.11. The van der Waals surface area contributed by atoms with Gasteiger partial charge in [0.25, 0.3) is 5.56 Å². The maximum absolute atomic E-state index is 13.3. The van der Waals surface area contributed by atoms with Gasteiger partial charge in [0, 0.05) is 29.3 Å². The van der Waals surface area contributed by atoms with Crippen molar-refractivity contribution in [2.24, 2.45) is 23.2 Å². The van der Waals surface area contributed by atoms with Crippen LogP contribution in [0, 0.1) is 23.2 Å². The first kappa shape index (κ1) is 20.9. The van der Waals surface area contributed by atoms with Crippen LogP contribution in [0.15, 0.2) is 53.3 Å². The molecule has 0 saturated heterocycles. The number of aromatic nitrogens is 3. The normalized spacial score (nSPS) is 27.0. The van der Waals surface area contributed by atoms with Gasteiger partial charge in [0.1, 0.15) is 0 Å². The first-order valence-corrected chi connectivity index (χ1v) is 12.8. The first-order chi connectivity index (χ1) is 17.1. The maximum Gasteiger partial charge on any atom is 0.282 e. The highest BCUT2D eigenvalue weighted by Gasteiger charge is 2.54. The summed E-state index contributed by atoms with van der Waals surface area (Å²) in [6.45, 7) is 1.07. The molecule has 0 spiro atoms. The monoisotopic (exact) mass is 467 g/mol. The molecule has 0 atom stereocenters. The number of amides is 1. The van der Waals surface area contributed by atoms with Crippen LogP contribution in [0.3, 0.4) is 0 Å². The number of nitrogens with one attached hydrogen (secondary N) is 2. The highest BCUT2D eigenvalue weighted by Crippen LogP contribution is 2.60. The largest absolute Gasteiger partial charge is 0.366 e. The SMILES string of the molecule is O=C(NCCNc1nn2c(=O)c3ccccc3nc2c2ccccc12)C12CC3CC(CC(C3)C1)C2. The molecule has 2 aromatic heterocycles. The summed E-state index contributed by atoms with van der Waals surface area (Å²) >= 11 is 0. The first-order valence-electron chi connectivity index (χ1n) is 12.8. The van der Waals surface area contributed by atoms with Crippen LogP contribution < -0.4 is 16.2 Å². The summed E-state index contributed by atoms with van der Waals surface area (Å²) in [6.07, 6.45) is 7.20. The zero-order valence-electron chi connectivity index (χ0n) is 19.7. The molecule has 178 valence electrons. The Bertz CT molecular complexity index is 1510. The van der Waals surface area contributed by atoms with Crippen LogP contribution >= 0.6 is 0 Å². The van der Waals surface area contributed by atoms with Gasteiger partial charge in [-0.15, -0.1) is 5.10 Å². The highest BCUT2D eigenvalue weighted by molar-refractivity contribution is 6.01. The molecular formula is C28H29N5O2. The number of hydrogen-bond donors (Lipinski definition) is 2. The number of fused-ring (bicyclic) bond motifs is 4. The number of anilines is 1. The predicted octanol–water partition coefficient (Wildman–Crippen LogP) is 4.14. The molecule has 4 bridgehead atoms. The zero-order valence-corrected chi connectivity index (χ0v) is 19.7. The molecule has 4 aliphatic carbocycles. The fourth-order valence-corrected chi connectivity index (χ4v) is 7.49. The van der Waals surface area contributed by atoms with Gasteiger partial charge in [0.2, 0.25) is 5.91 Å². The molecule has 2 N–H and O–H groups in total. The van der Waals surface area contributed by atoms with Gasteiger partial charge in [0.05, 0.1) is 10.9 Å². The number of hydrogen-bond acceptors (Lipinski definition) is 5. The molecule has 4 saturated carbocycles. The molecule has 7 heteroatoms. The van der Waals surface area contributed by atoms with E-state index >= 15 is 0 Å². The summed E-state index contributed by atoms with van der Waals surface area (Å²) in [6, 6.07) is 15.2. The predicted molar refractivity (Wildman–Crippen MR) is 136 cm³/mol. The highest BCUT2D eigenvalue weighted by atomic mass is 16.2. The Kier molecular flexibility index (Phi) is 4.63. The molecule has 2 heterocycles. The van der Waals surface area contributed by atoms with Crippen molar-refractivity contribution in [3.05, 3.63) is 58.9 Å². The number of rotatable bonds is 5. The van der Waals surface area contributed by atoms with Gasteiger partial charge < -0.3 is 10.6 Å². The Morgan fingerprint density at radius 2 is 1.51 bits per heavy atom. The Morgan fingerprint density at radius 1 is 0.886 bits per heavy atom. The van der Waals surface area contributed by atoms with Crippen molar-refractivity contribution in [1.29, 1.82) is 0 Å². The summed E-state index contributed by atoms with van der Waals surface area (Å²) in [5.41, 5.74) is 0.889. The summed E-state index contributed by atoms with van der Waals surface area (Å²) in [5, 5.41) is 13.5. The summed E-state index contributed by atoms with van der Waals surface area (Å²) < 4.78 is 1.39. The molecule has 4 aliphatic rings. The second kappa shape index (κ2) is 7.77. The average molecular weight is 468 g/mol. The third-order valence-electron chi connectivity index (χ3n) is 8.60. The van der Waals surface area contributed by atoms with Crippen molar-refractivity contribution in [3.63, 3.8) is 0 Å². The maximum atomic E-state index is 13.3. The molecule has 4 fully saturated rings. The van der Waals surface area contributed by atoms with E-state index in [-0.39, 0.29) is 16.9 Å². The van der Waals surface area contributed by atoms with Crippen molar-refractivity contribution < 1.29 is 4.79 Å². The molecule has 8 rings (SSSR count). The van der Waals surface area contributed by atoms with Crippen LogP contribution in [-0.4, -0.2) is 33.6 Å². The topological polar surface area (TPSA) is 88.4 Å². The van der Waals surface area contributed by atoms with Gasteiger partial charge in [-0.05, 0) is 68.4 Å². The van der Waals surface area contributed by atoms with Crippen LogP contribution in [0.5, 0.6) is 0 Å². The van der Waals surface area contributed by atoms with Gasteiger partial charge >= 0.3 is 0 Å². The van der Waals surface area contributed by atoms with E-state index < -0.39 is 0 Å². The van der Waals surface area contributed by atoms with Gasteiger partial charge in [0.15, 0.2) is 11.5 Å². The standard InChI is InChI=1S/C28H29N5O2/c34-26-22-7-3-4-8-23(22)31-25-21-6-2-1-5-20(21)24(32-33(25)26)29-9-10-30-27(35)28-14-17-11-18(15-28)13-19(12-17)16-28/h1-8,17-19H,9-16H2,(H,29,32)(H,30,35). The molecule has 1 amide bonds. The van der Waals surface area contributed by atoms with Gasteiger partial charge in [-0.3, -0.25) is 9.59 Å². The second-order valence-electron chi connectivity index (χ2n) is 10.9. The van der Waals surface area contributed by atoms with Gasteiger partial charge in [-0.25, -0.2) is 4.98 Å². The minimum Gasteiger partial charge on any atom is -0.366 e. The van der Waals surface area contributed by atoms with Crippen molar-refractivity contribution in [1.82, 2.24) is 19.9 Å². The fourth-order valence-electron chi connectivity index (χ4n) is 7.49.